The highest BCUT2D eigenvalue weighted by molar-refractivity contribution is 7.47. The zero-order valence-corrected chi connectivity index (χ0v) is 69.7. The Kier molecular flexibility index (Phi) is 71.5. The van der Waals surface area contributed by atoms with E-state index in [0.29, 0.717) is 31.6 Å². The third-order valence-corrected chi connectivity index (χ3v) is 21.8. The minimum atomic E-state index is -4.96. The molecule has 0 fully saturated rings. The van der Waals surface area contributed by atoms with Crippen molar-refractivity contribution in [1.29, 1.82) is 0 Å². The molecule has 0 rings (SSSR count). The summed E-state index contributed by atoms with van der Waals surface area (Å²) >= 11 is 0. The van der Waals surface area contributed by atoms with Gasteiger partial charge >= 0.3 is 39.5 Å². The highest BCUT2D eigenvalue weighted by Crippen LogP contribution is 2.45. The van der Waals surface area contributed by atoms with Crippen LogP contribution in [0.2, 0.25) is 0 Å². The third kappa shape index (κ3) is 76.6. The Balaban J connectivity index is 5.18. The van der Waals surface area contributed by atoms with Crippen LogP contribution in [0.5, 0.6) is 0 Å². The van der Waals surface area contributed by atoms with Crippen molar-refractivity contribution < 1.29 is 80.2 Å². The Morgan fingerprint density at radius 3 is 0.689 bits per heavy atom. The Bertz CT molecular complexity index is 2010. The molecule has 3 N–H and O–H groups in total. The van der Waals surface area contributed by atoms with E-state index in [1.165, 1.54) is 231 Å². The number of rotatable bonds is 81. The van der Waals surface area contributed by atoms with Gasteiger partial charge in [-0.05, 0) is 49.4 Å². The maximum absolute atomic E-state index is 13.1. The number of esters is 4. The minimum Gasteiger partial charge on any atom is -0.462 e. The van der Waals surface area contributed by atoms with Crippen molar-refractivity contribution in [2.24, 2.45) is 23.7 Å². The highest BCUT2D eigenvalue weighted by Gasteiger charge is 2.30. The molecular formula is C84H164O17P2. The van der Waals surface area contributed by atoms with E-state index < -0.39 is 97.5 Å². The first-order valence-electron chi connectivity index (χ1n) is 43.2. The molecule has 612 valence electrons. The topological polar surface area (TPSA) is 237 Å². The van der Waals surface area contributed by atoms with E-state index in [-0.39, 0.29) is 25.7 Å². The van der Waals surface area contributed by atoms with Gasteiger partial charge in [0.15, 0.2) is 12.2 Å². The molecule has 0 aromatic rings. The first-order valence-corrected chi connectivity index (χ1v) is 46.2. The molecule has 0 radical (unpaired) electrons. The van der Waals surface area contributed by atoms with E-state index in [1.807, 2.05) is 0 Å². The molecule has 0 saturated carbocycles. The Morgan fingerprint density at radius 1 is 0.272 bits per heavy atom. The number of aliphatic hydroxyl groups is 1. The molecule has 19 heteroatoms. The van der Waals surface area contributed by atoms with Crippen LogP contribution in [-0.2, 0) is 65.4 Å². The van der Waals surface area contributed by atoms with E-state index in [9.17, 15) is 43.2 Å². The number of carbonyl (C=O) groups is 4. The van der Waals surface area contributed by atoms with Gasteiger partial charge in [0.05, 0.1) is 26.4 Å². The van der Waals surface area contributed by atoms with E-state index >= 15 is 0 Å². The lowest BCUT2D eigenvalue weighted by molar-refractivity contribution is -0.161. The average molecular weight is 1510 g/mol. The van der Waals surface area contributed by atoms with Crippen LogP contribution in [0.1, 0.15) is 434 Å². The molecule has 0 aromatic carbocycles. The fourth-order valence-corrected chi connectivity index (χ4v) is 14.5. The fraction of sp³-hybridized carbons (Fsp3) is 0.952. The fourth-order valence-electron chi connectivity index (χ4n) is 12.9. The van der Waals surface area contributed by atoms with Gasteiger partial charge in [0.2, 0.25) is 0 Å². The van der Waals surface area contributed by atoms with Crippen molar-refractivity contribution >= 4 is 39.5 Å². The lowest BCUT2D eigenvalue weighted by atomic mass is 9.99. The van der Waals surface area contributed by atoms with Gasteiger partial charge in [0.1, 0.15) is 19.3 Å². The molecule has 6 atom stereocenters. The second-order valence-corrected chi connectivity index (χ2v) is 34.8. The van der Waals surface area contributed by atoms with Gasteiger partial charge in [0.25, 0.3) is 0 Å². The van der Waals surface area contributed by atoms with Crippen LogP contribution in [0, 0.1) is 23.7 Å². The molecule has 103 heavy (non-hydrogen) atoms. The number of hydrogen-bond acceptors (Lipinski definition) is 15. The van der Waals surface area contributed by atoms with Gasteiger partial charge in [-0.1, -0.05) is 383 Å². The molecule has 0 aliphatic rings. The molecule has 0 aromatic heterocycles. The van der Waals surface area contributed by atoms with Crippen molar-refractivity contribution in [3.63, 3.8) is 0 Å². The zero-order valence-electron chi connectivity index (χ0n) is 68.0. The lowest BCUT2D eigenvalue weighted by Crippen LogP contribution is -2.30. The van der Waals surface area contributed by atoms with Crippen molar-refractivity contribution in [1.82, 2.24) is 0 Å². The summed E-state index contributed by atoms with van der Waals surface area (Å²) < 4.78 is 68.8. The summed E-state index contributed by atoms with van der Waals surface area (Å²) in [4.78, 5) is 73.1. The third-order valence-electron chi connectivity index (χ3n) is 19.9. The number of carbonyl (C=O) groups excluding carboxylic acids is 4. The van der Waals surface area contributed by atoms with Gasteiger partial charge < -0.3 is 33.8 Å². The molecule has 0 aliphatic heterocycles. The lowest BCUT2D eigenvalue weighted by Gasteiger charge is -2.21. The van der Waals surface area contributed by atoms with Crippen molar-refractivity contribution in [2.45, 2.75) is 453 Å². The largest absolute Gasteiger partial charge is 0.472 e. The number of phosphoric ester groups is 2. The van der Waals surface area contributed by atoms with Gasteiger partial charge in [-0.3, -0.25) is 37.3 Å². The van der Waals surface area contributed by atoms with Crippen LogP contribution in [0.3, 0.4) is 0 Å². The number of phosphoric acid groups is 2. The van der Waals surface area contributed by atoms with Crippen molar-refractivity contribution in [2.75, 3.05) is 39.6 Å². The van der Waals surface area contributed by atoms with E-state index in [1.54, 1.807) is 0 Å². The van der Waals surface area contributed by atoms with Gasteiger partial charge in [-0.15, -0.1) is 0 Å². The molecular weight excluding hydrogens is 1340 g/mol. The molecule has 0 heterocycles. The smallest absolute Gasteiger partial charge is 0.462 e. The first kappa shape index (κ1) is 101. The normalized spacial score (nSPS) is 14.2. The Hall–Kier alpha value is -1.94. The van der Waals surface area contributed by atoms with E-state index in [0.717, 1.165) is 114 Å². The Morgan fingerprint density at radius 2 is 0.466 bits per heavy atom. The van der Waals surface area contributed by atoms with Gasteiger partial charge in [0, 0.05) is 25.7 Å². The summed E-state index contributed by atoms with van der Waals surface area (Å²) in [6.07, 6.45) is 61.2. The number of unbranched alkanes of at least 4 members (excludes halogenated alkanes) is 46. The highest BCUT2D eigenvalue weighted by atomic mass is 31.2. The SMILES string of the molecule is CCC(C)CCCCCCCCCCCCCCCCCCCCC(=O)O[C@H](COC(=O)CCCCCCCCCCCC(C)C)COP(=O)(O)OCC(O)COP(=O)(O)OC[C@@H](COC(=O)CCCCCCCCCC(C)C)OC(=O)CCCCCCCCCCCCCCCCCCC(C)C. The number of ether oxygens (including phenoxy) is 4. The monoisotopic (exact) mass is 1510 g/mol. The Labute approximate surface area is 632 Å². The van der Waals surface area contributed by atoms with Crippen molar-refractivity contribution in [3.05, 3.63) is 0 Å². The van der Waals surface area contributed by atoms with Crippen LogP contribution in [0.25, 0.3) is 0 Å². The summed E-state index contributed by atoms with van der Waals surface area (Å²) in [5, 5.41) is 10.7. The van der Waals surface area contributed by atoms with Gasteiger partial charge in [-0.25, -0.2) is 9.13 Å². The summed E-state index contributed by atoms with van der Waals surface area (Å²) in [6, 6.07) is 0. The molecule has 0 bridgehead atoms. The number of hydrogen-bond donors (Lipinski definition) is 3. The molecule has 0 amide bonds. The van der Waals surface area contributed by atoms with Crippen LogP contribution in [0.15, 0.2) is 0 Å². The van der Waals surface area contributed by atoms with Crippen molar-refractivity contribution in [3.8, 4) is 0 Å². The predicted molar refractivity (Wildman–Crippen MR) is 423 cm³/mol. The standard InChI is InChI=1S/C84H164O17P2/c1-9-77(8)63-55-47-39-31-25-21-17-12-10-11-13-18-22-26-32-41-50-58-66-83(88)100-79(70-94-81(86)64-56-48-40-34-28-30-37-45-53-61-75(4)5)72-98-102(90,91)96-68-78(85)69-97-103(92,93)99-73-80(71-95-82(87)65-57-49-43-35-38-46-54-62-76(6)7)101-84(89)67-59-51-42-33-27-23-19-15-14-16-20-24-29-36-44-52-60-74(2)3/h74-80,85H,9-73H2,1-8H3,(H,90,91)(H,92,93)/t77?,78?,79-,80-/m1/s1. The predicted octanol–water partition coefficient (Wildman–Crippen LogP) is 25.2. The molecule has 0 spiro atoms. The summed E-state index contributed by atoms with van der Waals surface area (Å²) in [7, 11) is -9.92. The maximum atomic E-state index is 13.1. The van der Waals surface area contributed by atoms with Crippen LogP contribution in [0.4, 0.5) is 0 Å². The van der Waals surface area contributed by atoms with Crippen LogP contribution in [-0.4, -0.2) is 96.7 Å². The molecule has 0 saturated heterocycles. The molecule has 0 aliphatic carbocycles. The van der Waals surface area contributed by atoms with Crippen LogP contribution < -0.4 is 0 Å². The van der Waals surface area contributed by atoms with Crippen LogP contribution >= 0.6 is 15.6 Å². The van der Waals surface area contributed by atoms with E-state index in [2.05, 4.69) is 55.4 Å². The quantitative estimate of drug-likeness (QED) is 0.0222. The van der Waals surface area contributed by atoms with Gasteiger partial charge in [-0.2, -0.15) is 0 Å². The average Bonchev–Trinajstić information content (AvgIpc) is 0.920. The summed E-state index contributed by atoms with van der Waals surface area (Å²) in [6.45, 7) is 14.3. The second kappa shape index (κ2) is 72.9. The number of aliphatic hydroxyl groups excluding tert-OH is 1. The second-order valence-electron chi connectivity index (χ2n) is 31.9. The maximum Gasteiger partial charge on any atom is 0.472 e. The first-order chi connectivity index (χ1) is 49.6. The molecule has 4 unspecified atom stereocenters. The molecule has 17 nitrogen and oxygen atoms in total. The van der Waals surface area contributed by atoms with E-state index in [4.69, 9.17) is 37.0 Å². The minimum absolute atomic E-state index is 0.107. The summed E-state index contributed by atoms with van der Waals surface area (Å²) in [5.41, 5.74) is 0. The summed E-state index contributed by atoms with van der Waals surface area (Å²) in [5.74, 6) is 1.02. The zero-order chi connectivity index (χ0) is 76.0.